The second-order valence-electron chi connectivity index (χ2n) is 12.5. The fourth-order valence-electron chi connectivity index (χ4n) is 7.51. The molecule has 8 heteroatoms. The van der Waals surface area contributed by atoms with Gasteiger partial charge in [-0.05, 0) is 49.8 Å². The van der Waals surface area contributed by atoms with Crippen molar-refractivity contribution in [2.24, 2.45) is 0 Å². The van der Waals surface area contributed by atoms with Crippen LogP contribution in [0.1, 0.15) is 87.1 Å². The molecule has 1 amide bonds. The van der Waals surface area contributed by atoms with Crippen LogP contribution in [0.25, 0.3) is 0 Å². The average Bonchev–Trinajstić information content (AvgIpc) is 3.04. The first-order valence-electron chi connectivity index (χ1n) is 16.5. The molecule has 2 N–H and O–H groups in total. The van der Waals surface area contributed by atoms with Crippen molar-refractivity contribution < 1.29 is 14.1 Å². The zero-order valence-electron chi connectivity index (χ0n) is 26.2. The molecule has 0 bridgehead atoms. The third-order valence-electron chi connectivity index (χ3n) is 9.78. The van der Waals surface area contributed by atoms with Gasteiger partial charge in [0.1, 0.15) is 0 Å². The smallest absolute Gasteiger partial charge is 0.284 e. The number of halogens is 2. The Balaban J connectivity index is 1.61. The number of amides is 1. The molecule has 2 aromatic carbocycles. The first kappa shape index (κ1) is 33.9. The number of hydrogen-bond acceptors (Lipinski definition) is 4. The van der Waals surface area contributed by atoms with Gasteiger partial charge >= 0.3 is 0 Å². The molecule has 2 aliphatic rings. The molecular weight excluding hydrogens is 579 g/mol. The molecule has 2 fully saturated rings. The van der Waals surface area contributed by atoms with Gasteiger partial charge in [-0.25, -0.2) is 0 Å². The Kier molecular flexibility index (Phi) is 12.9. The fraction of sp³-hybridized carbons (Fsp3) is 0.600. The maximum Gasteiger partial charge on any atom is 0.284 e. The van der Waals surface area contributed by atoms with Crippen molar-refractivity contribution in [3.05, 3.63) is 69.7 Å². The number of Topliss-reactive ketones (excluding diaryl/α,β-unsaturated/α-hetero) is 1. The first-order chi connectivity index (χ1) is 20.9. The van der Waals surface area contributed by atoms with E-state index >= 15 is 0 Å². The number of carbonyl (C=O) groups is 2. The normalized spacial score (nSPS) is 18.6. The van der Waals surface area contributed by atoms with Crippen LogP contribution in [0.4, 0.5) is 0 Å². The summed E-state index contributed by atoms with van der Waals surface area (Å²) in [4.78, 5) is 29.7. The Morgan fingerprint density at radius 3 is 2.26 bits per heavy atom. The molecular formula is C35H51Cl2N4O2+. The van der Waals surface area contributed by atoms with Crippen LogP contribution >= 0.6 is 23.2 Å². The monoisotopic (exact) mass is 629 g/mol. The minimum absolute atomic E-state index is 0.0826. The molecule has 1 unspecified atom stereocenters. The molecule has 0 aromatic heterocycles. The Morgan fingerprint density at radius 1 is 0.953 bits per heavy atom. The molecule has 236 valence electrons. The van der Waals surface area contributed by atoms with Gasteiger partial charge in [0.15, 0.2) is 11.3 Å². The van der Waals surface area contributed by atoms with Crippen molar-refractivity contribution in [3.8, 4) is 0 Å². The molecule has 4 rings (SSSR count). The molecule has 2 aromatic rings. The largest absolute Gasteiger partial charge is 0.337 e. The standard InChI is InChI=1S/C35H51Cl2N4O2/c1-3-20-40(21-4-2)34(43)35(16-18-38-19-17-35)41(22-9-6-10-23-41)24-15-30(29-13-14-31(36)32(37)25-29)26-39-27-33(42)28-11-7-5-8-12-28/h5,7-8,11-14,25,30,38-39H,3-4,6,9-10,15-24,26-27H2,1-2H3/q+1. The predicted molar refractivity (Wildman–Crippen MR) is 178 cm³/mol. The zero-order chi connectivity index (χ0) is 30.7. The number of nitrogens with one attached hydrogen (secondary N) is 2. The van der Waals surface area contributed by atoms with Crippen LogP contribution in [-0.2, 0) is 4.79 Å². The van der Waals surface area contributed by atoms with E-state index in [9.17, 15) is 9.59 Å². The maximum absolute atomic E-state index is 14.7. The van der Waals surface area contributed by atoms with Crippen molar-refractivity contribution in [3.63, 3.8) is 0 Å². The van der Waals surface area contributed by atoms with Crippen LogP contribution in [0.3, 0.4) is 0 Å². The van der Waals surface area contributed by atoms with E-state index in [0.717, 1.165) is 101 Å². The maximum atomic E-state index is 14.7. The van der Waals surface area contributed by atoms with E-state index in [1.54, 1.807) is 0 Å². The van der Waals surface area contributed by atoms with Gasteiger partial charge in [-0.2, -0.15) is 0 Å². The number of carbonyl (C=O) groups excluding carboxylic acids is 2. The molecule has 2 saturated heterocycles. The highest BCUT2D eigenvalue weighted by molar-refractivity contribution is 6.42. The van der Waals surface area contributed by atoms with Gasteiger partial charge in [0.2, 0.25) is 0 Å². The third-order valence-corrected chi connectivity index (χ3v) is 10.5. The number of hydrogen-bond donors (Lipinski definition) is 2. The number of piperidine rings is 2. The van der Waals surface area contributed by atoms with Crippen LogP contribution in [0, 0.1) is 0 Å². The lowest BCUT2D eigenvalue weighted by molar-refractivity contribution is -0.972. The molecule has 6 nitrogen and oxygen atoms in total. The Labute approximate surface area is 269 Å². The second kappa shape index (κ2) is 16.4. The number of rotatable bonds is 15. The van der Waals surface area contributed by atoms with Crippen molar-refractivity contribution in [1.29, 1.82) is 0 Å². The Hall–Kier alpha value is -1.96. The number of quaternary nitrogens is 1. The van der Waals surface area contributed by atoms with E-state index in [0.29, 0.717) is 28.1 Å². The van der Waals surface area contributed by atoms with Crippen LogP contribution < -0.4 is 10.6 Å². The molecule has 0 saturated carbocycles. The van der Waals surface area contributed by atoms with Gasteiger partial charge in [0.05, 0.1) is 36.2 Å². The van der Waals surface area contributed by atoms with Gasteiger partial charge in [0, 0.05) is 63.5 Å². The molecule has 2 aliphatic heterocycles. The van der Waals surface area contributed by atoms with Crippen LogP contribution in [0.5, 0.6) is 0 Å². The molecule has 43 heavy (non-hydrogen) atoms. The lowest BCUT2D eigenvalue weighted by Gasteiger charge is -2.57. The van der Waals surface area contributed by atoms with Crippen molar-refractivity contribution in [1.82, 2.24) is 15.5 Å². The first-order valence-corrected chi connectivity index (χ1v) is 17.2. The topological polar surface area (TPSA) is 61.4 Å². The van der Waals surface area contributed by atoms with Gasteiger partial charge in [-0.3, -0.25) is 9.59 Å². The Bertz CT molecular complexity index is 1170. The van der Waals surface area contributed by atoms with Crippen molar-refractivity contribution >= 4 is 34.9 Å². The average molecular weight is 631 g/mol. The third kappa shape index (κ3) is 8.20. The summed E-state index contributed by atoms with van der Waals surface area (Å²) in [7, 11) is 0. The molecule has 1 atom stereocenters. The van der Waals surface area contributed by atoms with Crippen LogP contribution in [-0.4, -0.2) is 85.5 Å². The van der Waals surface area contributed by atoms with Crippen LogP contribution in [0.15, 0.2) is 48.5 Å². The highest BCUT2D eigenvalue weighted by Crippen LogP contribution is 2.41. The van der Waals surface area contributed by atoms with E-state index in [1.807, 2.05) is 42.5 Å². The number of benzene rings is 2. The summed E-state index contributed by atoms with van der Waals surface area (Å²) >= 11 is 12.8. The minimum Gasteiger partial charge on any atom is -0.337 e. The molecule has 2 heterocycles. The van der Waals surface area contributed by atoms with Gasteiger partial charge in [0.25, 0.3) is 5.91 Å². The summed E-state index contributed by atoms with van der Waals surface area (Å²) in [5.41, 5.74) is 1.44. The summed E-state index contributed by atoms with van der Waals surface area (Å²) in [6, 6.07) is 15.4. The SMILES string of the molecule is CCCN(CCC)C(=O)C1([N+]2(CCC(CNCC(=O)c3ccccc3)c3ccc(Cl)c(Cl)c3)CCCCC2)CCNCC1. The zero-order valence-corrected chi connectivity index (χ0v) is 27.7. The van der Waals surface area contributed by atoms with E-state index in [1.165, 1.54) is 6.42 Å². The lowest BCUT2D eigenvalue weighted by Crippen LogP contribution is -2.74. The quantitative estimate of drug-likeness (QED) is 0.170. The van der Waals surface area contributed by atoms with Gasteiger partial charge in [-0.1, -0.05) is 73.4 Å². The Morgan fingerprint density at radius 2 is 1.63 bits per heavy atom. The number of ketones is 1. The summed E-state index contributed by atoms with van der Waals surface area (Å²) in [5, 5.41) is 8.11. The minimum atomic E-state index is -0.394. The van der Waals surface area contributed by atoms with Crippen molar-refractivity contribution in [2.45, 2.75) is 76.7 Å². The fourth-order valence-corrected chi connectivity index (χ4v) is 7.81. The lowest BCUT2D eigenvalue weighted by atomic mass is 9.79. The summed E-state index contributed by atoms with van der Waals surface area (Å²) in [6.07, 6.45) is 8.17. The van der Waals surface area contributed by atoms with E-state index in [4.69, 9.17) is 23.2 Å². The van der Waals surface area contributed by atoms with Gasteiger partial charge < -0.3 is 20.0 Å². The molecule has 0 radical (unpaired) electrons. The summed E-state index contributed by atoms with van der Waals surface area (Å²) in [6.45, 7) is 11.7. The summed E-state index contributed by atoms with van der Waals surface area (Å²) < 4.78 is 0.873. The van der Waals surface area contributed by atoms with E-state index in [-0.39, 0.29) is 18.2 Å². The predicted octanol–water partition coefficient (Wildman–Crippen LogP) is 6.71. The van der Waals surface area contributed by atoms with E-state index < -0.39 is 5.54 Å². The highest BCUT2D eigenvalue weighted by Gasteiger charge is 2.58. The number of likely N-dealkylation sites (tertiary alicyclic amines) is 1. The van der Waals surface area contributed by atoms with Crippen molar-refractivity contribution in [2.75, 3.05) is 58.9 Å². The van der Waals surface area contributed by atoms with E-state index in [2.05, 4.69) is 35.4 Å². The molecule has 0 spiro atoms. The highest BCUT2D eigenvalue weighted by atomic mass is 35.5. The molecule has 0 aliphatic carbocycles. The number of nitrogens with zero attached hydrogens (tertiary/aromatic N) is 2. The second-order valence-corrected chi connectivity index (χ2v) is 13.3. The van der Waals surface area contributed by atoms with Gasteiger partial charge in [-0.15, -0.1) is 0 Å². The van der Waals surface area contributed by atoms with Crippen LogP contribution in [0.2, 0.25) is 10.0 Å². The summed E-state index contributed by atoms with van der Waals surface area (Å²) in [5.74, 6) is 0.586.